The highest BCUT2D eigenvalue weighted by molar-refractivity contribution is 5.24. The predicted molar refractivity (Wildman–Crippen MR) is 71.6 cm³/mol. The fourth-order valence-corrected chi connectivity index (χ4v) is 1.90. The lowest BCUT2D eigenvalue weighted by atomic mass is 10.2. The Labute approximate surface area is 109 Å². The maximum Gasteiger partial charge on any atom is 0.0641 e. The Bertz CT molecular complexity index is 361. The normalized spacial score (nSPS) is 12.9. The number of hydrogen-bond donors (Lipinski definition) is 2. The van der Waals surface area contributed by atoms with Gasteiger partial charge in [0.1, 0.15) is 0 Å². The van der Waals surface area contributed by atoms with E-state index in [4.69, 9.17) is 4.74 Å². The highest BCUT2D eigenvalue weighted by atomic mass is 16.5. The summed E-state index contributed by atoms with van der Waals surface area (Å²) in [5.41, 5.74) is 3.48. The van der Waals surface area contributed by atoms with E-state index >= 15 is 0 Å². The number of ether oxygens (including phenoxy) is 1. The fourth-order valence-electron chi connectivity index (χ4n) is 1.90. The maximum atomic E-state index is 9.31. The van der Waals surface area contributed by atoms with Crippen LogP contribution in [0.25, 0.3) is 0 Å². The number of aliphatic hydroxyl groups excluding tert-OH is 1. The van der Waals surface area contributed by atoms with Gasteiger partial charge in [0, 0.05) is 38.0 Å². The molecule has 0 aliphatic heterocycles. The van der Waals surface area contributed by atoms with Gasteiger partial charge in [-0.3, -0.25) is 4.68 Å². The van der Waals surface area contributed by atoms with Crippen LogP contribution in [0.2, 0.25) is 0 Å². The van der Waals surface area contributed by atoms with Crippen LogP contribution in [0.5, 0.6) is 0 Å². The molecular weight excluding hydrogens is 230 g/mol. The molecule has 0 radical (unpaired) electrons. The Morgan fingerprint density at radius 2 is 2.17 bits per heavy atom. The largest absolute Gasteiger partial charge is 0.393 e. The third-order valence-corrected chi connectivity index (χ3v) is 3.07. The molecule has 18 heavy (non-hydrogen) atoms. The summed E-state index contributed by atoms with van der Waals surface area (Å²) in [6.45, 7) is 9.05. The van der Waals surface area contributed by atoms with Crippen molar-refractivity contribution in [2.24, 2.45) is 0 Å². The molecule has 0 bridgehead atoms. The van der Waals surface area contributed by atoms with E-state index in [-0.39, 0.29) is 6.10 Å². The van der Waals surface area contributed by atoms with Crippen LogP contribution in [-0.4, -0.2) is 41.3 Å². The van der Waals surface area contributed by atoms with Gasteiger partial charge in [0.25, 0.3) is 0 Å². The van der Waals surface area contributed by atoms with Gasteiger partial charge in [0.15, 0.2) is 0 Å². The first kappa shape index (κ1) is 15.1. The van der Waals surface area contributed by atoms with Crippen molar-refractivity contribution in [3.05, 3.63) is 17.0 Å². The smallest absolute Gasteiger partial charge is 0.0641 e. The van der Waals surface area contributed by atoms with Crippen LogP contribution in [0.4, 0.5) is 0 Å². The fraction of sp³-hybridized carbons (Fsp3) is 0.769. The van der Waals surface area contributed by atoms with Crippen molar-refractivity contribution in [1.82, 2.24) is 15.1 Å². The number of rotatable bonds is 8. The quantitative estimate of drug-likeness (QED) is 0.681. The zero-order chi connectivity index (χ0) is 13.5. The minimum atomic E-state index is -0.280. The summed E-state index contributed by atoms with van der Waals surface area (Å²) in [4.78, 5) is 0. The van der Waals surface area contributed by atoms with Crippen molar-refractivity contribution in [2.75, 3.05) is 20.3 Å². The SMILES string of the molecule is COCCNCc1c(C)nn(CCC(C)O)c1C. The first-order valence-corrected chi connectivity index (χ1v) is 6.46. The molecule has 104 valence electrons. The van der Waals surface area contributed by atoms with Crippen LogP contribution in [0.15, 0.2) is 0 Å². The number of aliphatic hydroxyl groups is 1. The summed E-state index contributed by atoms with van der Waals surface area (Å²) in [5.74, 6) is 0. The van der Waals surface area contributed by atoms with Gasteiger partial charge in [-0.25, -0.2) is 0 Å². The van der Waals surface area contributed by atoms with Crippen molar-refractivity contribution < 1.29 is 9.84 Å². The lowest BCUT2D eigenvalue weighted by Crippen LogP contribution is -2.19. The van der Waals surface area contributed by atoms with Crippen LogP contribution in [0.3, 0.4) is 0 Å². The molecule has 0 saturated carbocycles. The van der Waals surface area contributed by atoms with E-state index in [1.807, 2.05) is 11.6 Å². The lowest BCUT2D eigenvalue weighted by molar-refractivity contribution is 0.176. The molecule has 0 aliphatic carbocycles. The first-order chi connectivity index (χ1) is 8.56. The summed E-state index contributed by atoms with van der Waals surface area (Å²) in [5, 5.41) is 17.2. The highest BCUT2D eigenvalue weighted by Crippen LogP contribution is 2.13. The summed E-state index contributed by atoms with van der Waals surface area (Å²) in [6.07, 6.45) is 0.454. The van der Waals surface area contributed by atoms with Crippen LogP contribution in [0, 0.1) is 13.8 Å². The zero-order valence-corrected chi connectivity index (χ0v) is 11.9. The summed E-state index contributed by atoms with van der Waals surface area (Å²) in [7, 11) is 1.70. The van der Waals surface area contributed by atoms with Gasteiger partial charge in [-0.15, -0.1) is 0 Å². The zero-order valence-electron chi connectivity index (χ0n) is 11.9. The van der Waals surface area contributed by atoms with Gasteiger partial charge in [-0.05, 0) is 27.2 Å². The third-order valence-electron chi connectivity index (χ3n) is 3.07. The highest BCUT2D eigenvalue weighted by Gasteiger charge is 2.11. The molecule has 0 amide bonds. The maximum absolute atomic E-state index is 9.31. The van der Waals surface area contributed by atoms with Gasteiger partial charge in [-0.2, -0.15) is 5.10 Å². The monoisotopic (exact) mass is 255 g/mol. The Balaban J connectivity index is 2.57. The second-order valence-corrected chi connectivity index (χ2v) is 4.68. The average molecular weight is 255 g/mol. The molecule has 0 aliphatic rings. The molecule has 1 rings (SSSR count). The van der Waals surface area contributed by atoms with E-state index in [1.165, 1.54) is 11.3 Å². The summed E-state index contributed by atoms with van der Waals surface area (Å²) < 4.78 is 6.98. The van der Waals surface area contributed by atoms with Crippen molar-refractivity contribution in [1.29, 1.82) is 0 Å². The molecule has 1 aromatic heterocycles. The van der Waals surface area contributed by atoms with Crippen LogP contribution in [0.1, 0.15) is 30.3 Å². The lowest BCUT2D eigenvalue weighted by Gasteiger charge is -2.08. The molecule has 0 aromatic carbocycles. The van der Waals surface area contributed by atoms with Crippen molar-refractivity contribution >= 4 is 0 Å². The van der Waals surface area contributed by atoms with Crippen molar-refractivity contribution in [2.45, 2.75) is 46.4 Å². The first-order valence-electron chi connectivity index (χ1n) is 6.46. The van der Waals surface area contributed by atoms with Crippen molar-refractivity contribution in [3.63, 3.8) is 0 Å². The van der Waals surface area contributed by atoms with E-state index in [0.29, 0.717) is 6.61 Å². The second kappa shape index (κ2) is 7.51. The molecule has 1 heterocycles. The number of aryl methyl sites for hydroxylation is 2. The van der Waals surface area contributed by atoms with Gasteiger partial charge in [0.2, 0.25) is 0 Å². The van der Waals surface area contributed by atoms with Crippen LogP contribution < -0.4 is 5.32 Å². The number of aromatic nitrogens is 2. The standard InChI is InChI=1S/C13H25N3O2/c1-10(17)5-7-16-12(3)13(11(2)15-16)9-14-6-8-18-4/h10,14,17H,5-9H2,1-4H3. The molecule has 2 N–H and O–H groups in total. The van der Waals surface area contributed by atoms with Crippen molar-refractivity contribution in [3.8, 4) is 0 Å². The molecule has 5 heteroatoms. The van der Waals surface area contributed by atoms with E-state index in [0.717, 1.165) is 31.7 Å². The summed E-state index contributed by atoms with van der Waals surface area (Å²) in [6, 6.07) is 0. The number of nitrogens with one attached hydrogen (secondary N) is 1. The minimum absolute atomic E-state index is 0.280. The molecule has 5 nitrogen and oxygen atoms in total. The second-order valence-electron chi connectivity index (χ2n) is 4.68. The van der Waals surface area contributed by atoms with E-state index in [2.05, 4.69) is 17.3 Å². The van der Waals surface area contributed by atoms with E-state index in [9.17, 15) is 5.11 Å². The Kier molecular flexibility index (Phi) is 6.32. The molecule has 0 spiro atoms. The molecular formula is C13H25N3O2. The number of methoxy groups -OCH3 is 1. The van der Waals surface area contributed by atoms with Crippen LogP contribution >= 0.6 is 0 Å². The predicted octanol–water partition coefficient (Wildman–Crippen LogP) is 1.01. The topological polar surface area (TPSA) is 59.3 Å². The summed E-state index contributed by atoms with van der Waals surface area (Å²) >= 11 is 0. The molecule has 1 atom stereocenters. The van der Waals surface area contributed by atoms with E-state index in [1.54, 1.807) is 14.0 Å². The number of hydrogen-bond acceptors (Lipinski definition) is 4. The number of nitrogens with zero attached hydrogens (tertiary/aromatic N) is 2. The molecule has 1 aromatic rings. The molecule has 1 unspecified atom stereocenters. The Hall–Kier alpha value is -0.910. The molecule has 0 saturated heterocycles. The molecule has 0 fully saturated rings. The van der Waals surface area contributed by atoms with Gasteiger partial charge in [0.05, 0.1) is 18.4 Å². The Morgan fingerprint density at radius 3 is 2.78 bits per heavy atom. The van der Waals surface area contributed by atoms with Gasteiger partial charge in [-0.1, -0.05) is 0 Å². The average Bonchev–Trinajstić information content (AvgIpc) is 2.58. The van der Waals surface area contributed by atoms with Crippen LogP contribution in [-0.2, 0) is 17.8 Å². The van der Waals surface area contributed by atoms with E-state index < -0.39 is 0 Å². The third kappa shape index (κ3) is 4.40. The van der Waals surface area contributed by atoms with Gasteiger partial charge >= 0.3 is 0 Å². The Morgan fingerprint density at radius 1 is 1.44 bits per heavy atom. The van der Waals surface area contributed by atoms with Gasteiger partial charge < -0.3 is 15.2 Å². The minimum Gasteiger partial charge on any atom is -0.393 e.